The van der Waals surface area contributed by atoms with Gasteiger partial charge in [0, 0.05) is 5.38 Å². The highest BCUT2D eigenvalue weighted by atomic mass is 35.5. The Morgan fingerprint density at radius 3 is 2.92 bits per heavy atom. The van der Waals surface area contributed by atoms with Crippen molar-refractivity contribution in [1.82, 2.24) is 0 Å². The third-order valence-corrected chi connectivity index (χ3v) is 2.53. The number of anilines is 1. The molecule has 1 aromatic heterocycles. The van der Waals surface area contributed by atoms with E-state index in [4.69, 9.17) is 22.1 Å². The van der Waals surface area contributed by atoms with Gasteiger partial charge in [-0.05, 0) is 6.92 Å². The van der Waals surface area contributed by atoms with Gasteiger partial charge in [0.1, 0.15) is 4.34 Å². The molecule has 0 aliphatic rings. The van der Waals surface area contributed by atoms with Crippen LogP contribution in [-0.4, -0.2) is 12.6 Å². The Labute approximate surface area is 79.1 Å². The zero-order chi connectivity index (χ0) is 9.14. The second-order valence-corrected chi connectivity index (χ2v) is 3.54. The molecule has 0 fully saturated rings. The molecular formula is C7H8ClNO2S. The number of nitrogens with two attached hydrogens (primary N) is 1. The van der Waals surface area contributed by atoms with Gasteiger partial charge in [-0.2, -0.15) is 0 Å². The highest BCUT2D eigenvalue weighted by molar-refractivity contribution is 7.15. The Morgan fingerprint density at radius 2 is 2.50 bits per heavy atom. The van der Waals surface area contributed by atoms with Crippen molar-refractivity contribution < 1.29 is 9.53 Å². The summed E-state index contributed by atoms with van der Waals surface area (Å²) in [5.74, 6) is -0.418. The van der Waals surface area contributed by atoms with Crippen LogP contribution in [-0.2, 0) is 4.74 Å². The lowest BCUT2D eigenvalue weighted by Gasteiger charge is -1.99. The number of hydrogen-bond donors (Lipinski definition) is 1. The van der Waals surface area contributed by atoms with Crippen molar-refractivity contribution in [3.8, 4) is 0 Å². The number of nitrogen functional groups attached to an aromatic ring is 1. The summed E-state index contributed by atoms with van der Waals surface area (Å²) in [6.07, 6.45) is 0. The largest absolute Gasteiger partial charge is 0.462 e. The van der Waals surface area contributed by atoms with Crippen LogP contribution >= 0.6 is 22.9 Å². The SMILES string of the molecule is CCOC(=O)c1csc(Cl)c1N. The Balaban J connectivity index is 2.88. The summed E-state index contributed by atoms with van der Waals surface area (Å²) in [5.41, 5.74) is 6.17. The van der Waals surface area contributed by atoms with Gasteiger partial charge in [-0.1, -0.05) is 11.6 Å². The smallest absolute Gasteiger partial charge is 0.341 e. The fourth-order valence-corrected chi connectivity index (χ4v) is 1.63. The van der Waals surface area contributed by atoms with E-state index in [1.807, 2.05) is 0 Å². The standard InChI is InChI=1S/C7H8ClNO2S/c1-2-11-7(10)4-3-12-6(8)5(4)9/h3H,2,9H2,1H3. The number of hydrogen-bond acceptors (Lipinski definition) is 4. The van der Waals surface area contributed by atoms with E-state index in [1.54, 1.807) is 12.3 Å². The van der Waals surface area contributed by atoms with E-state index < -0.39 is 5.97 Å². The second kappa shape index (κ2) is 3.78. The highest BCUT2D eigenvalue weighted by Gasteiger charge is 2.14. The predicted octanol–water partition coefficient (Wildman–Crippen LogP) is 2.16. The van der Waals surface area contributed by atoms with Crippen LogP contribution in [0.15, 0.2) is 5.38 Å². The number of esters is 1. The third-order valence-electron chi connectivity index (χ3n) is 1.28. The third kappa shape index (κ3) is 1.70. The number of carbonyl (C=O) groups is 1. The molecule has 0 aromatic carbocycles. The molecule has 0 unspecified atom stereocenters. The van der Waals surface area contributed by atoms with Gasteiger partial charge in [0.2, 0.25) is 0 Å². The van der Waals surface area contributed by atoms with E-state index in [-0.39, 0.29) is 0 Å². The number of ether oxygens (including phenoxy) is 1. The molecule has 1 aromatic rings. The maximum absolute atomic E-state index is 11.1. The van der Waals surface area contributed by atoms with E-state index in [0.29, 0.717) is 22.2 Å². The van der Waals surface area contributed by atoms with Gasteiger partial charge < -0.3 is 10.5 Å². The van der Waals surface area contributed by atoms with E-state index in [9.17, 15) is 4.79 Å². The molecular weight excluding hydrogens is 198 g/mol. The summed E-state index contributed by atoms with van der Waals surface area (Å²) in [6, 6.07) is 0. The molecule has 0 bridgehead atoms. The van der Waals surface area contributed by atoms with Crippen LogP contribution in [0.3, 0.4) is 0 Å². The van der Waals surface area contributed by atoms with E-state index in [2.05, 4.69) is 0 Å². The lowest BCUT2D eigenvalue weighted by atomic mass is 10.3. The number of rotatable bonds is 2. The average Bonchev–Trinajstić information content (AvgIpc) is 2.34. The molecule has 1 rings (SSSR count). The summed E-state index contributed by atoms with van der Waals surface area (Å²) >= 11 is 6.88. The molecule has 66 valence electrons. The van der Waals surface area contributed by atoms with Crippen LogP contribution in [0.1, 0.15) is 17.3 Å². The van der Waals surface area contributed by atoms with E-state index in [0.717, 1.165) is 0 Å². The van der Waals surface area contributed by atoms with Gasteiger partial charge in [0.25, 0.3) is 0 Å². The molecule has 0 amide bonds. The molecule has 12 heavy (non-hydrogen) atoms. The van der Waals surface area contributed by atoms with Crippen LogP contribution in [0.4, 0.5) is 5.69 Å². The zero-order valence-corrected chi connectivity index (χ0v) is 8.04. The lowest BCUT2D eigenvalue weighted by Crippen LogP contribution is -2.05. The predicted molar refractivity (Wildman–Crippen MR) is 49.7 cm³/mol. The first-order valence-corrected chi connectivity index (χ1v) is 4.62. The van der Waals surface area contributed by atoms with Crippen molar-refractivity contribution in [2.75, 3.05) is 12.3 Å². The van der Waals surface area contributed by atoms with Crippen LogP contribution < -0.4 is 5.73 Å². The zero-order valence-electron chi connectivity index (χ0n) is 6.46. The monoisotopic (exact) mass is 205 g/mol. The van der Waals surface area contributed by atoms with Crippen LogP contribution in [0.5, 0.6) is 0 Å². The molecule has 5 heteroatoms. The van der Waals surface area contributed by atoms with Gasteiger partial charge in [-0.25, -0.2) is 4.79 Å². The normalized spacial score (nSPS) is 9.83. The first kappa shape index (κ1) is 9.35. The topological polar surface area (TPSA) is 52.3 Å². The number of carbonyl (C=O) groups excluding carboxylic acids is 1. The maximum atomic E-state index is 11.1. The van der Waals surface area contributed by atoms with Crippen molar-refractivity contribution in [3.05, 3.63) is 15.3 Å². The van der Waals surface area contributed by atoms with Crippen molar-refractivity contribution in [2.45, 2.75) is 6.92 Å². The van der Waals surface area contributed by atoms with Crippen molar-refractivity contribution in [1.29, 1.82) is 0 Å². The molecule has 0 saturated carbocycles. The minimum absolute atomic E-state index is 0.306. The quantitative estimate of drug-likeness (QED) is 0.753. The molecule has 2 N–H and O–H groups in total. The van der Waals surface area contributed by atoms with Crippen molar-refractivity contribution in [2.24, 2.45) is 0 Å². The molecule has 1 heterocycles. The minimum atomic E-state index is -0.418. The van der Waals surface area contributed by atoms with Crippen LogP contribution in [0.25, 0.3) is 0 Å². The molecule has 0 atom stereocenters. The van der Waals surface area contributed by atoms with Crippen LogP contribution in [0.2, 0.25) is 4.34 Å². The van der Waals surface area contributed by atoms with Gasteiger partial charge in [-0.3, -0.25) is 0 Å². The van der Waals surface area contributed by atoms with Gasteiger partial charge in [0.15, 0.2) is 0 Å². The van der Waals surface area contributed by atoms with Crippen LogP contribution in [0, 0.1) is 0 Å². The Bertz CT molecular complexity index is 298. The van der Waals surface area contributed by atoms with E-state index in [1.165, 1.54) is 11.3 Å². The molecule has 0 spiro atoms. The summed E-state index contributed by atoms with van der Waals surface area (Å²) in [6.45, 7) is 2.08. The van der Waals surface area contributed by atoms with Gasteiger partial charge >= 0.3 is 5.97 Å². The molecule has 0 radical (unpaired) electrons. The first-order valence-electron chi connectivity index (χ1n) is 3.36. The summed E-state index contributed by atoms with van der Waals surface area (Å²) in [5, 5.41) is 1.59. The summed E-state index contributed by atoms with van der Waals surface area (Å²) < 4.78 is 5.18. The lowest BCUT2D eigenvalue weighted by molar-refractivity contribution is 0.0528. The Hall–Kier alpha value is -0.740. The Kier molecular flexibility index (Phi) is 2.94. The highest BCUT2D eigenvalue weighted by Crippen LogP contribution is 2.30. The van der Waals surface area contributed by atoms with Crippen molar-refractivity contribution in [3.63, 3.8) is 0 Å². The fraction of sp³-hybridized carbons (Fsp3) is 0.286. The average molecular weight is 206 g/mol. The minimum Gasteiger partial charge on any atom is -0.462 e. The van der Waals surface area contributed by atoms with Gasteiger partial charge in [0.05, 0.1) is 17.9 Å². The Morgan fingerprint density at radius 1 is 1.83 bits per heavy atom. The summed E-state index contributed by atoms with van der Waals surface area (Å²) in [7, 11) is 0. The maximum Gasteiger partial charge on any atom is 0.341 e. The first-order chi connectivity index (χ1) is 5.66. The molecule has 3 nitrogen and oxygen atoms in total. The number of halogens is 1. The molecule has 0 aliphatic heterocycles. The summed E-state index contributed by atoms with van der Waals surface area (Å²) in [4.78, 5) is 11.1. The van der Waals surface area contributed by atoms with Crippen molar-refractivity contribution >= 4 is 34.6 Å². The number of thiophene rings is 1. The van der Waals surface area contributed by atoms with Gasteiger partial charge in [-0.15, -0.1) is 11.3 Å². The molecule has 0 saturated heterocycles. The van der Waals surface area contributed by atoms with E-state index >= 15 is 0 Å². The molecule has 0 aliphatic carbocycles. The second-order valence-electron chi connectivity index (χ2n) is 2.06. The fourth-order valence-electron chi connectivity index (χ4n) is 0.710.